The maximum Gasteiger partial charge on any atom is 0.338 e. The zero-order valence-corrected chi connectivity index (χ0v) is 19.4. The molecule has 0 amide bonds. The fraction of sp³-hybridized carbons (Fsp3) is 0.296. The van der Waals surface area contributed by atoms with E-state index in [4.69, 9.17) is 14.2 Å². The molecule has 0 spiro atoms. The number of fused-ring (bicyclic) bond motifs is 1. The van der Waals surface area contributed by atoms with Gasteiger partial charge in [-0.25, -0.2) is 9.59 Å². The minimum absolute atomic E-state index is 0.143. The third-order valence-electron chi connectivity index (χ3n) is 5.28. The molecule has 0 fully saturated rings. The van der Waals surface area contributed by atoms with E-state index >= 15 is 0 Å². The molecule has 3 rings (SSSR count). The molecular formula is C27H28O6. The normalized spacial score (nSPS) is 12.2. The number of hydrogen-bond donors (Lipinski definition) is 0. The maximum absolute atomic E-state index is 12.3. The number of benzene rings is 2. The lowest BCUT2D eigenvalue weighted by molar-refractivity contribution is -0.138. The topological polar surface area (TPSA) is 78.9 Å². The summed E-state index contributed by atoms with van der Waals surface area (Å²) in [5.41, 5.74) is 4.38. The number of esters is 3. The first-order valence-corrected chi connectivity index (χ1v) is 10.8. The molecule has 172 valence electrons. The second kappa shape index (κ2) is 9.86. The highest BCUT2D eigenvalue weighted by molar-refractivity contribution is 5.90. The van der Waals surface area contributed by atoms with Crippen molar-refractivity contribution in [2.75, 3.05) is 0 Å². The van der Waals surface area contributed by atoms with Gasteiger partial charge in [-0.1, -0.05) is 39.1 Å². The molecule has 0 aliphatic heterocycles. The number of carbonyl (C=O) groups excluding carboxylic acids is 3. The molecular weight excluding hydrogens is 420 g/mol. The summed E-state index contributed by atoms with van der Waals surface area (Å²) in [5.74, 6) is -1.01. The fourth-order valence-electron chi connectivity index (χ4n) is 3.48. The van der Waals surface area contributed by atoms with Gasteiger partial charge in [0.25, 0.3) is 0 Å². The van der Waals surface area contributed by atoms with Gasteiger partial charge in [0.2, 0.25) is 0 Å². The molecule has 2 aromatic carbocycles. The van der Waals surface area contributed by atoms with Crippen molar-refractivity contribution in [2.45, 2.75) is 47.0 Å². The first-order chi connectivity index (χ1) is 15.6. The Balaban J connectivity index is 2.04. The predicted molar refractivity (Wildman–Crippen MR) is 125 cm³/mol. The third kappa shape index (κ3) is 5.40. The lowest BCUT2D eigenvalue weighted by atomic mass is 9.96. The summed E-state index contributed by atoms with van der Waals surface area (Å²) >= 11 is 0. The van der Waals surface area contributed by atoms with E-state index in [0.717, 1.165) is 41.5 Å². The van der Waals surface area contributed by atoms with E-state index in [1.165, 1.54) is 0 Å². The Kier molecular flexibility index (Phi) is 7.16. The summed E-state index contributed by atoms with van der Waals surface area (Å²) < 4.78 is 16.4. The van der Waals surface area contributed by atoms with Crippen molar-refractivity contribution in [2.24, 2.45) is 5.92 Å². The molecule has 1 aliphatic carbocycles. The lowest BCUT2D eigenvalue weighted by Crippen LogP contribution is -2.16. The van der Waals surface area contributed by atoms with Crippen LogP contribution in [0, 0.1) is 5.92 Å². The van der Waals surface area contributed by atoms with Crippen molar-refractivity contribution < 1.29 is 28.6 Å². The highest BCUT2D eigenvalue weighted by atomic mass is 16.6. The van der Waals surface area contributed by atoms with Crippen LogP contribution < -0.4 is 14.2 Å². The molecule has 0 unspecified atom stereocenters. The minimum atomic E-state index is -0.603. The monoisotopic (exact) mass is 448 g/mol. The van der Waals surface area contributed by atoms with Gasteiger partial charge in [-0.3, -0.25) is 4.79 Å². The summed E-state index contributed by atoms with van der Waals surface area (Å²) in [6.07, 6.45) is 2.57. The standard InChI is InChI=1S/C27H28O6/c1-15(2)25(28)31-22-13-11-19(20-8-7-9-21(20)22)18-10-12-23(32-26(29)16(3)4)24(14-18)33-27(30)17(5)6/h10-14,17H,1,3,7-9H2,2,4-6H3. The van der Waals surface area contributed by atoms with Gasteiger partial charge in [0.15, 0.2) is 11.5 Å². The zero-order valence-electron chi connectivity index (χ0n) is 19.4. The van der Waals surface area contributed by atoms with Crippen LogP contribution in [-0.2, 0) is 27.2 Å². The Bertz CT molecular complexity index is 1160. The molecule has 6 nitrogen and oxygen atoms in total. The van der Waals surface area contributed by atoms with Gasteiger partial charge < -0.3 is 14.2 Å². The second-order valence-corrected chi connectivity index (χ2v) is 8.50. The molecule has 6 heteroatoms. The van der Waals surface area contributed by atoms with Crippen LogP contribution in [0.25, 0.3) is 11.1 Å². The van der Waals surface area contributed by atoms with Crippen molar-refractivity contribution >= 4 is 17.9 Å². The first kappa shape index (κ1) is 24.0. The van der Waals surface area contributed by atoms with Crippen LogP contribution in [-0.4, -0.2) is 17.9 Å². The molecule has 0 aromatic heterocycles. The van der Waals surface area contributed by atoms with Gasteiger partial charge >= 0.3 is 17.9 Å². The smallest absolute Gasteiger partial charge is 0.338 e. The number of ether oxygens (including phenoxy) is 3. The Hall–Kier alpha value is -3.67. The van der Waals surface area contributed by atoms with E-state index in [-0.39, 0.29) is 23.0 Å². The van der Waals surface area contributed by atoms with Gasteiger partial charge in [0.1, 0.15) is 5.75 Å². The molecule has 1 aliphatic rings. The van der Waals surface area contributed by atoms with Gasteiger partial charge in [-0.15, -0.1) is 0 Å². The van der Waals surface area contributed by atoms with E-state index in [0.29, 0.717) is 11.3 Å². The summed E-state index contributed by atoms with van der Waals surface area (Å²) in [7, 11) is 0. The molecule has 0 saturated carbocycles. The summed E-state index contributed by atoms with van der Waals surface area (Å²) in [5, 5.41) is 0. The molecule has 0 N–H and O–H groups in total. The fourth-order valence-corrected chi connectivity index (χ4v) is 3.48. The van der Waals surface area contributed by atoms with Crippen molar-refractivity contribution in [1.82, 2.24) is 0 Å². The Morgan fingerprint density at radius 2 is 1.36 bits per heavy atom. The summed E-state index contributed by atoms with van der Waals surface area (Å²) in [4.78, 5) is 36.4. The third-order valence-corrected chi connectivity index (χ3v) is 5.28. The summed E-state index contributed by atoms with van der Waals surface area (Å²) in [6.45, 7) is 13.8. The molecule has 0 bridgehead atoms. The van der Waals surface area contributed by atoms with Crippen molar-refractivity contribution in [3.05, 3.63) is 65.8 Å². The molecule has 0 saturated heterocycles. The first-order valence-electron chi connectivity index (χ1n) is 10.8. The highest BCUT2D eigenvalue weighted by Crippen LogP contribution is 2.41. The Labute approximate surface area is 193 Å². The van der Waals surface area contributed by atoms with Crippen LogP contribution in [0.2, 0.25) is 0 Å². The lowest BCUT2D eigenvalue weighted by Gasteiger charge is -2.16. The number of rotatable bonds is 7. The average Bonchev–Trinajstić information content (AvgIpc) is 3.25. The van der Waals surface area contributed by atoms with Crippen LogP contribution in [0.5, 0.6) is 17.2 Å². The quantitative estimate of drug-likeness (QED) is 0.322. The Morgan fingerprint density at radius 1 is 0.788 bits per heavy atom. The van der Waals surface area contributed by atoms with Crippen LogP contribution in [0.4, 0.5) is 0 Å². The van der Waals surface area contributed by atoms with E-state index in [9.17, 15) is 14.4 Å². The van der Waals surface area contributed by atoms with Crippen LogP contribution in [0.15, 0.2) is 54.6 Å². The van der Waals surface area contributed by atoms with Gasteiger partial charge in [-0.05, 0) is 73.6 Å². The van der Waals surface area contributed by atoms with E-state index < -0.39 is 17.9 Å². The average molecular weight is 449 g/mol. The van der Waals surface area contributed by atoms with Crippen molar-refractivity contribution in [3.63, 3.8) is 0 Å². The molecule has 0 heterocycles. The van der Waals surface area contributed by atoms with Gasteiger partial charge in [0.05, 0.1) is 5.92 Å². The second-order valence-electron chi connectivity index (χ2n) is 8.50. The number of hydrogen-bond acceptors (Lipinski definition) is 6. The van der Waals surface area contributed by atoms with Crippen molar-refractivity contribution in [1.29, 1.82) is 0 Å². The van der Waals surface area contributed by atoms with Crippen molar-refractivity contribution in [3.8, 4) is 28.4 Å². The van der Waals surface area contributed by atoms with E-state index in [1.807, 2.05) is 6.07 Å². The SMILES string of the molecule is C=C(C)C(=O)Oc1ccc(-c2ccc(OC(=O)C(=C)C)c3c2CCC3)cc1OC(=O)C(C)C. The minimum Gasteiger partial charge on any atom is -0.423 e. The van der Waals surface area contributed by atoms with E-state index in [2.05, 4.69) is 13.2 Å². The van der Waals surface area contributed by atoms with Gasteiger partial charge in [-0.2, -0.15) is 0 Å². The van der Waals surface area contributed by atoms with Crippen LogP contribution in [0.1, 0.15) is 45.2 Å². The number of carbonyl (C=O) groups is 3. The van der Waals surface area contributed by atoms with Crippen LogP contribution in [0.3, 0.4) is 0 Å². The largest absolute Gasteiger partial charge is 0.423 e. The van der Waals surface area contributed by atoms with Crippen LogP contribution >= 0.6 is 0 Å². The maximum atomic E-state index is 12.3. The molecule has 33 heavy (non-hydrogen) atoms. The highest BCUT2D eigenvalue weighted by Gasteiger charge is 2.23. The molecule has 2 aromatic rings. The van der Waals surface area contributed by atoms with E-state index in [1.54, 1.807) is 52.0 Å². The summed E-state index contributed by atoms with van der Waals surface area (Å²) in [6, 6.07) is 8.76. The predicted octanol–water partition coefficient (Wildman–Crippen LogP) is 5.37. The Morgan fingerprint density at radius 3 is 1.97 bits per heavy atom. The molecule has 0 radical (unpaired) electrons. The van der Waals surface area contributed by atoms with Gasteiger partial charge in [0, 0.05) is 11.1 Å². The zero-order chi connectivity index (χ0) is 24.3. The molecule has 0 atom stereocenters.